The number of nitrogens with zero attached hydrogens (tertiary/aromatic N) is 1. The summed E-state index contributed by atoms with van der Waals surface area (Å²) in [6.45, 7) is 1.75. The second-order valence-electron chi connectivity index (χ2n) is 4.37. The van der Waals surface area contributed by atoms with Crippen molar-refractivity contribution in [2.45, 2.75) is 44.2 Å². The third-order valence-corrected chi connectivity index (χ3v) is 3.44. The largest absolute Gasteiger partial charge is 0.464 e. The van der Waals surface area contributed by atoms with Gasteiger partial charge in [-0.05, 0) is 25.8 Å². The van der Waals surface area contributed by atoms with E-state index in [0.717, 1.165) is 32.2 Å². The van der Waals surface area contributed by atoms with Gasteiger partial charge in [-0.3, -0.25) is 9.69 Å². The first-order valence-corrected chi connectivity index (χ1v) is 5.86. The molecule has 0 aliphatic carbocycles. The molecule has 1 N–H and O–H groups in total. The lowest BCUT2D eigenvalue weighted by atomic mass is 9.97. The Balaban J connectivity index is 2.00. The van der Waals surface area contributed by atoms with E-state index in [4.69, 9.17) is 9.84 Å². The van der Waals surface area contributed by atoms with Gasteiger partial charge in [0.2, 0.25) is 0 Å². The highest BCUT2D eigenvalue weighted by Gasteiger charge is 2.36. The van der Waals surface area contributed by atoms with E-state index >= 15 is 0 Å². The standard InChI is InChI=1S/C11H19NO3/c13-7-4-9-3-1-2-6-12(9)10-5-8-15-11(10)14/h9-10,13H,1-8H2. The van der Waals surface area contributed by atoms with Crippen molar-refractivity contribution < 1.29 is 14.6 Å². The second-order valence-corrected chi connectivity index (χ2v) is 4.37. The molecule has 0 saturated carbocycles. The summed E-state index contributed by atoms with van der Waals surface area (Å²) >= 11 is 0. The van der Waals surface area contributed by atoms with Gasteiger partial charge in [0.05, 0.1) is 6.61 Å². The number of ether oxygens (including phenoxy) is 1. The lowest BCUT2D eigenvalue weighted by Gasteiger charge is -2.37. The van der Waals surface area contributed by atoms with Gasteiger partial charge in [-0.15, -0.1) is 0 Å². The number of likely N-dealkylation sites (tertiary alicyclic amines) is 1. The van der Waals surface area contributed by atoms with Crippen LogP contribution in [-0.4, -0.2) is 47.8 Å². The molecule has 2 atom stereocenters. The minimum absolute atomic E-state index is 0.0400. The van der Waals surface area contributed by atoms with E-state index in [-0.39, 0.29) is 18.6 Å². The molecule has 2 heterocycles. The summed E-state index contributed by atoms with van der Waals surface area (Å²) in [7, 11) is 0. The number of piperidine rings is 1. The van der Waals surface area contributed by atoms with Crippen molar-refractivity contribution in [1.29, 1.82) is 0 Å². The quantitative estimate of drug-likeness (QED) is 0.695. The van der Waals surface area contributed by atoms with Crippen LogP contribution in [0, 0.1) is 0 Å². The molecule has 2 rings (SSSR count). The summed E-state index contributed by atoms with van der Waals surface area (Å²) in [6.07, 6.45) is 5.07. The number of aliphatic hydroxyl groups is 1. The monoisotopic (exact) mass is 213 g/mol. The fourth-order valence-electron chi connectivity index (χ4n) is 2.68. The number of aliphatic hydroxyl groups excluding tert-OH is 1. The van der Waals surface area contributed by atoms with Crippen LogP contribution in [0.25, 0.3) is 0 Å². The Kier molecular flexibility index (Phi) is 3.59. The predicted octanol–water partition coefficient (Wildman–Crippen LogP) is 0.539. The van der Waals surface area contributed by atoms with Crippen molar-refractivity contribution in [3.8, 4) is 0 Å². The number of carbonyl (C=O) groups is 1. The first kappa shape index (κ1) is 10.9. The zero-order valence-electron chi connectivity index (χ0n) is 9.02. The topological polar surface area (TPSA) is 49.8 Å². The SMILES string of the molecule is O=C1OCCC1N1CCCCC1CCO. The maximum atomic E-state index is 11.5. The lowest BCUT2D eigenvalue weighted by molar-refractivity contribution is -0.143. The highest BCUT2D eigenvalue weighted by atomic mass is 16.5. The molecule has 0 spiro atoms. The van der Waals surface area contributed by atoms with Crippen LogP contribution in [0.4, 0.5) is 0 Å². The summed E-state index contributed by atoms with van der Waals surface area (Å²) in [5, 5.41) is 9.00. The third kappa shape index (κ3) is 2.32. The summed E-state index contributed by atoms with van der Waals surface area (Å²) in [4.78, 5) is 13.7. The van der Waals surface area contributed by atoms with Gasteiger partial charge in [-0.25, -0.2) is 0 Å². The fourth-order valence-corrected chi connectivity index (χ4v) is 2.68. The van der Waals surface area contributed by atoms with Crippen molar-refractivity contribution in [3.63, 3.8) is 0 Å². The number of carbonyl (C=O) groups excluding carboxylic acids is 1. The van der Waals surface area contributed by atoms with E-state index in [0.29, 0.717) is 12.6 Å². The number of esters is 1. The molecule has 0 aromatic heterocycles. The molecule has 0 amide bonds. The molecule has 86 valence electrons. The van der Waals surface area contributed by atoms with E-state index in [1.54, 1.807) is 0 Å². The van der Waals surface area contributed by atoms with Crippen LogP contribution in [0.2, 0.25) is 0 Å². The number of hydrogen-bond donors (Lipinski definition) is 1. The van der Waals surface area contributed by atoms with Crippen LogP contribution in [0.15, 0.2) is 0 Å². The minimum atomic E-state index is -0.0696. The molecule has 4 heteroatoms. The molecule has 2 unspecified atom stereocenters. The smallest absolute Gasteiger partial charge is 0.323 e. The Morgan fingerprint density at radius 2 is 2.27 bits per heavy atom. The van der Waals surface area contributed by atoms with Crippen LogP contribution in [0.5, 0.6) is 0 Å². The molecule has 0 aromatic carbocycles. The zero-order valence-corrected chi connectivity index (χ0v) is 9.02. The Morgan fingerprint density at radius 3 is 2.93 bits per heavy atom. The van der Waals surface area contributed by atoms with Crippen molar-refractivity contribution in [2.75, 3.05) is 19.8 Å². The van der Waals surface area contributed by atoms with E-state index < -0.39 is 0 Å². The third-order valence-electron chi connectivity index (χ3n) is 3.44. The Bertz CT molecular complexity index is 230. The average Bonchev–Trinajstić information content (AvgIpc) is 2.66. The van der Waals surface area contributed by atoms with Gasteiger partial charge in [0.15, 0.2) is 0 Å². The second kappa shape index (κ2) is 4.94. The number of rotatable bonds is 3. The lowest BCUT2D eigenvalue weighted by Crippen LogP contribution is -2.48. The molecule has 0 bridgehead atoms. The van der Waals surface area contributed by atoms with Crippen LogP contribution in [0.3, 0.4) is 0 Å². The zero-order chi connectivity index (χ0) is 10.7. The molecule has 2 saturated heterocycles. The molecule has 2 aliphatic heterocycles. The predicted molar refractivity (Wildman–Crippen MR) is 55.4 cm³/mol. The normalized spacial score (nSPS) is 33.0. The maximum Gasteiger partial charge on any atom is 0.323 e. The molecule has 4 nitrogen and oxygen atoms in total. The van der Waals surface area contributed by atoms with Gasteiger partial charge >= 0.3 is 5.97 Å². The molecule has 2 fully saturated rings. The van der Waals surface area contributed by atoms with E-state index in [9.17, 15) is 4.79 Å². The van der Waals surface area contributed by atoms with E-state index in [1.807, 2.05) is 0 Å². The van der Waals surface area contributed by atoms with Crippen molar-refractivity contribution in [2.24, 2.45) is 0 Å². The maximum absolute atomic E-state index is 11.5. The van der Waals surface area contributed by atoms with Gasteiger partial charge in [0.25, 0.3) is 0 Å². The molecule has 0 aromatic rings. The first-order valence-electron chi connectivity index (χ1n) is 5.86. The Hall–Kier alpha value is -0.610. The Morgan fingerprint density at radius 1 is 1.40 bits per heavy atom. The van der Waals surface area contributed by atoms with Crippen LogP contribution in [0.1, 0.15) is 32.1 Å². The van der Waals surface area contributed by atoms with Crippen molar-refractivity contribution >= 4 is 5.97 Å². The van der Waals surface area contributed by atoms with Gasteiger partial charge in [-0.2, -0.15) is 0 Å². The Labute approximate surface area is 90.2 Å². The fraction of sp³-hybridized carbons (Fsp3) is 0.909. The van der Waals surface area contributed by atoms with Gasteiger partial charge in [0.1, 0.15) is 6.04 Å². The van der Waals surface area contributed by atoms with Gasteiger partial charge in [-0.1, -0.05) is 6.42 Å². The van der Waals surface area contributed by atoms with Crippen LogP contribution >= 0.6 is 0 Å². The molecular weight excluding hydrogens is 194 g/mol. The number of cyclic esters (lactones) is 1. The van der Waals surface area contributed by atoms with E-state index in [2.05, 4.69) is 4.90 Å². The molecule has 0 radical (unpaired) electrons. The van der Waals surface area contributed by atoms with E-state index in [1.165, 1.54) is 6.42 Å². The van der Waals surface area contributed by atoms with Gasteiger partial charge < -0.3 is 9.84 Å². The minimum Gasteiger partial charge on any atom is -0.464 e. The highest BCUT2D eigenvalue weighted by Crippen LogP contribution is 2.25. The average molecular weight is 213 g/mol. The van der Waals surface area contributed by atoms with Crippen molar-refractivity contribution in [3.05, 3.63) is 0 Å². The summed E-state index contributed by atoms with van der Waals surface area (Å²) in [5.74, 6) is -0.0696. The molecule has 15 heavy (non-hydrogen) atoms. The highest BCUT2D eigenvalue weighted by molar-refractivity contribution is 5.77. The number of hydrogen-bond acceptors (Lipinski definition) is 4. The van der Waals surface area contributed by atoms with Crippen LogP contribution < -0.4 is 0 Å². The van der Waals surface area contributed by atoms with Crippen molar-refractivity contribution in [1.82, 2.24) is 4.90 Å². The summed E-state index contributed by atoms with van der Waals surface area (Å²) in [5.41, 5.74) is 0. The first-order chi connectivity index (χ1) is 7.33. The van der Waals surface area contributed by atoms with Crippen LogP contribution in [-0.2, 0) is 9.53 Å². The molecular formula is C11H19NO3. The molecule has 2 aliphatic rings. The summed E-state index contributed by atoms with van der Waals surface area (Å²) < 4.78 is 5.00. The van der Waals surface area contributed by atoms with Gasteiger partial charge in [0, 0.05) is 19.1 Å². The summed E-state index contributed by atoms with van der Waals surface area (Å²) in [6, 6.07) is 0.334.